The van der Waals surface area contributed by atoms with Crippen LogP contribution in [0.5, 0.6) is 0 Å². The molecule has 1 fully saturated rings. The summed E-state index contributed by atoms with van der Waals surface area (Å²) in [5.74, 6) is -3.39. The minimum atomic E-state index is -1.40. The van der Waals surface area contributed by atoms with Crippen molar-refractivity contribution >= 4 is 11.9 Å². The Morgan fingerprint density at radius 2 is 1.52 bits per heavy atom. The zero-order chi connectivity index (χ0) is 17.3. The second kappa shape index (κ2) is 6.34. The SMILES string of the molecule is CC(C)(C)C1CCC(c2ccccc2)(C(C(=O)O)C(=O)O)CC1. The first-order chi connectivity index (χ1) is 10.7. The first-order valence-corrected chi connectivity index (χ1v) is 8.19. The average molecular weight is 318 g/mol. The van der Waals surface area contributed by atoms with Crippen LogP contribution < -0.4 is 0 Å². The van der Waals surface area contributed by atoms with E-state index in [1.165, 1.54) is 0 Å². The molecule has 0 aromatic heterocycles. The van der Waals surface area contributed by atoms with Gasteiger partial charge in [-0.05, 0) is 42.6 Å². The van der Waals surface area contributed by atoms with E-state index in [4.69, 9.17) is 0 Å². The third-order valence-corrected chi connectivity index (χ3v) is 5.50. The fraction of sp³-hybridized carbons (Fsp3) is 0.579. The van der Waals surface area contributed by atoms with Gasteiger partial charge in [0, 0.05) is 5.41 Å². The van der Waals surface area contributed by atoms with E-state index < -0.39 is 23.3 Å². The number of carboxylic acid groups (broad SMARTS) is 2. The maximum Gasteiger partial charge on any atom is 0.318 e. The van der Waals surface area contributed by atoms with Crippen LogP contribution in [0.4, 0.5) is 0 Å². The maximum absolute atomic E-state index is 11.7. The minimum Gasteiger partial charge on any atom is -0.481 e. The zero-order valence-corrected chi connectivity index (χ0v) is 14.1. The minimum absolute atomic E-state index is 0.158. The van der Waals surface area contributed by atoms with Crippen LogP contribution >= 0.6 is 0 Å². The van der Waals surface area contributed by atoms with Gasteiger partial charge in [0.1, 0.15) is 0 Å². The molecule has 1 aromatic carbocycles. The van der Waals surface area contributed by atoms with Crippen LogP contribution in [0, 0.1) is 17.3 Å². The largest absolute Gasteiger partial charge is 0.481 e. The molecule has 0 radical (unpaired) electrons. The predicted octanol–water partition coefficient (Wildman–Crippen LogP) is 3.95. The van der Waals surface area contributed by atoms with Crippen LogP contribution in [-0.4, -0.2) is 22.2 Å². The number of aliphatic carboxylic acids is 2. The van der Waals surface area contributed by atoms with E-state index in [1.54, 1.807) is 0 Å². The number of carbonyl (C=O) groups is 2. The van der Waals surface area contributed by atoms with Crippen LogP contribution in [-0.2, 0) is 15.0 Å². The van der Waals surface area contributed by atoms with Crippen LogP contribution in [0.2, 0.25) is 0 Å². The summed E-state index contributed by atoms with van der Waals surface area (Å²) in [6.45, 7) is 6.58. The number of rotatable bonds is 4. The van der Waals surface area contributed by atoms with Gasteiger partial charge in [-0.1, -0.05) is 51.1 Å². The molecule has 126 valence electrons. The molecule has 2 rings (SSSR count). The summed E-state index contributed by atoms with van der Waals surface area (Å²) in [6.07, 6.45) is 2.91. The fourth-order valence-corrected chi connectivity index (χ4v) is 4.09. The summed E-state index contributed by atoms with van der Waals surface area (Å²) >= 11 is 0. The topological polar surface area (TPSA) is 74.6 Å². The third kappa shape index (κ3) is 3.41. The van der Waals surface area contributed by atoms with Crippen molar-refractivity contribution in [2.45, 2.75) is 51.9 Å². The van der Waals surface area contributed by atoms with Crippen molar-refractivity contribution in [3.8, 4) is 0 Å². The molecule has 4 heteroatoms. The Balaban J connectivity index is 2.43. The molecular formula is C19H26O4. The lowest BCUT2D eigenvalue weighted by Gasteiger charge is -2.46. The molecular weight excluding hydrogens is 292 g/mol. The van der Waals surface area contributed by atoms with E-state index in [9.17, 15) is 19.8 Å². The van der Waals surface area contributed by atoms with Gasteiger partial charge in [-0.2, -0.15) is 0 Å². The van der Waals surface area contributed by atoms with E-state index in [0.29, 0.717) is 18.8 Å². The molecule has 23 heavy (non-hydrogen) atoms. The number of carboxylic acids is 2. The second-order valence-corrected chi connectivity index (χ2v) is 7.77. The summed E-state index contributed by atoms with van der Waals surface area (Å²) in [5.41, 5.74) is 0.174. The molecule has 0 amide bonds. The van der Waals surface area contributed by atoms with Gasteiger partial charge in [0.05, 0.1) is 0 Å². The monoisotopic (exact) mass is 318 g/mol. The van der Waals surface area contributed by atoms with E-state index in [0.717, 1.165) is 18.4 Å². The van der Waals surface area contributed by atoms with E-state index in [2.05, 4.69) is 20.8 Å². The van der Waals surface area contributed by atoms with Crippen molar-refractivity contribution in [2.24, 2.45) is 17.3 Å². The number of benzene rings is 1. The molecule has 2 N–H and O–H groups in total. The smallest absolute Gasteiger partial charge is 0.318 e. The van der Waals surface area contributed by atoms with E-state index in [-0.39, 0.29) is 5.41 Å². The highest BCUT2D eigenvalue weighted by Crippen LogP contribution is 2.50. The molecule has 4 nitrogen and oxygen atoms in total. The van der Waals surface area contributed by atoms with Gasteiger partial charge >= 0.3 is 11.9 Å². The highest BCUT2D eigenvalue weighted by Gasteiger charge is 2.51. The Morgan fingerprint density at radius 1 is 1.04 bits per heavy atom. The normalized spacial score (nSPS) is 25.3. The van der Waals surface area contributed by atoms with Crippen molar-refractivity contribution in [3.63, 3.8) is 0 Å². The summed E-state index contributed by atoms with van der Waals surface area (Å²) in [4.78, 5) is 23.4. The number of hydrogen-bond acceptors (Lipinski definition) is 2. The Hall–Kier alpha value is -1.84. The van der Waals surface area contributed by atoms with Crippen LogP contribution in [0.25, 0.3) is 0 Å². The van der Waals surface area contributed by atoms with Gasteiger partial charge in [-0.3, -0.25) is 9.59 Å². The molecule has 0 heterocycles. The van der Waals surface area contributed by atoms with Gasteiger partial charge in [0.15, 0.2) is 5.92 Å². The van der Waals surface area contributed by atoms with E-state index >= 15 is 0 Å². The highest BCUT2D eigenvalue weighted by molar-refractivity contribution is 5.95. The first kappa shape index (κ1) is 17.5. The molecule has 0 saturated heterocycles. The predicted molar refractivity (Wildman–Crippen MR) is 88.3 cm³/mol. The molecule has 1 saturated carbocycles. The standard InChI is InChI=1S/C19H26O4/c1-18(2,3)13-9-11-19(12-10-13,14-7-5-4-6-8-14)15(16(20)21)17(22)23/h4-8,13,15H,9-12H2,1-3H3,(H,20,21)(H,22,23). The Bertz CT molecular complexity index is 549. The maximum atomic E-state index is 11.7. The van der Waals surface area contributed by atoms with Crippen LogP contribution in [0.3, 0.4) is 0 Å². The highest BCUT2D eigenvalue weighted by atomic mass is 16.4. The summed E-state index contributed by atoms with van der Waals surface area (Å²) in [5, 5.41) is 19.1. The lowest BCUT2D eigenvalue weighted by Crippen LogP contribution is -2.48. The lowest BCUT2D eigenvalue weighted by atomic mass is 9.57. The van der Waals surface area contributed by atoms with Gasteiger partial charge in [-0.25, -0.2) is 0 Å². The Labute approximate surface area is 137 Å². The third-order valence-electron chi connectivity index (χ3n) is 5.50. The molecule has 1 aliphatic carbocycles. The van der Waals surface area contributed by atoms with Crippen molar-refractivity contribution in [3.05, 3.63) is 35.9 Å². The van der Waals surface area contributed by atoms with Crippen LogP contribution in [0.1, 0.15) is 52.0 Å². The van der Waals surface area contributed by atoms with Crippen molar-refractivity contribution < 1.29 is 19.8 Å². The zero-order valence-electron chi connectivity index (χ0n) is 14.1. The molecule has 0 bridgehead atoms. The molecule has 0 atom stereocenters. The van der Waals surface area contributed by atoms with Crippen LogP contribution in [0.15, 0.2) is 30.3 Å². The van der Waals surface area contributed by atoms with Gasteiger partial charge in [0.2, 0.25) is 0 Å². The molecule has 0 unspecified atom stereocenters. The van der Waals surface area contributed by atoms with Gasteiger partial charge in [-0.15, -0.1) is 0 Å². The quantitative estimate of drug-likeness (QED) is 0.824. The summed E-state index contributed by atoms with van der Waals surface area (Å²) < 4.78 is 0. The molecule has 0 spiro atoms. The Kier molecular flexibility index (Phi) is 4.83. The summed E-state index contributed by atoms with van der Waals surface area (Å²) in [7, 11) is 0. The molecule has 0 aliphatic heterocycles. The molecule has 1 aromatic rings. The average Bonchev–Trinajstić information content (AvgIpc) is 2.47. The fourth-order valence-electron chi connectivity index (χ4n) is 4.09. The van der Waals surface area contributed by atoms with Crippen molar-refractivity contribution in [1.29, 1.82) is 0 Å². The lowest BCUT2D eigenvalue weighted by molar-refractivity contribution is -0.159. The van der Waals surface area contributed by atoms with Crippen molar-refractivity contribution in [1.82, 2.24) is 0 Å². The van der Waals surface area contributed by atoms with Gasteiger partial charge < -0.3 is 10.2 Å². The molecule has 1 aliphatic rings. The first-order valence-electron chi connectivity index (χ1n) is 8.19. The summed E-state index contributed by atoms with van der Waals surface area (Å²) in [6, 6.07) is 9.32. The van der Waals surface area contributed by atoms with E-state index in [1.807, 2.05) is 30.3 Å². The Morgan fingerprint density at radius 3 is 1.91 bits per heavy atom. The van der Waals surface area contributed by atoms with Gasteiger partial charge in [0.25, 0.3) is 0 Å². The van der Waals surface area contributed by atoms with Crippen molar-refractivity contribution in [2.75, 3.05) is 0 Å². The number of hydrogen-bond donors (Lipinski definition) is 2. The second-order valence-electron chi connectivity index (χ2n) is 7.77.